The zero-order valence-electron chi connectivity index (χ0n) is 20.8. The van der Waals surface area contributed by atoms with E-state index in [0.717, 1.165) is 44.8 Å². The second-order valence-corrected chi connectivity index (χ2v) is 9.08. The van der Waals surface area contributed by atoms with Crippen molar-refractivity contribution in [3.05, 3.63) is 66.5 Å². The third-order valence-electron chi connectivity index (χ3n) is 5.80. The van der Waals surface area contributed by atoms with Crippen molar-refractivity contribution >= 4 is 46.5 Å². The SMILES string of the molecule is C=CC(=O)Nc1cc(Nc2ncnc(Nc3cccc(Cl)c3)n2)ccc1OCCCN1CCN(C)CC1. The van der Waals surface area contributed by atoms with E-state index in [0.29, 0.717) is 40.7 Å². The third-order valence-corrected chi connectivity index (χ3v) is 6.04. The first kappa shape index (κ1) is 26.3. The molecule has 1 fully saturated rings. The Morgan fingerprint density at radius 2 is 1.81 bits per heavy atom. The maximum absolute atomic E-state index is 12.0. The number of hydrogen-bond acceptors (Lipinski definition) is 9. The minimum Gasteiger partial charge on any atom is -0.491 e. The van der Waals surface area contributed by atoms with E-state index in [1.807, 2.05) is 24.3 Å². The van der Waals surface area contributed by atoms with Crippen molar-refractivity contribution < 1.29 is 9.53 Å². The molecule has 4 rings (SSSR count). The lowest BCUT2D eigenvalue weighted by Gasteiger charge is -2.32. The van der Waals surface area contributed by atoms with Crippen LogP contribution in [-0.4, -0.2) is 77.0 Å². The summed E-state index contributed by atoms with van der Waals surface area (Å²) >= 11 is 6.05. The number of ether oxygens (including phenoxy) is 1. The van der Waals surface area contributed by atoms with Crippen LogP contribution >= 0.6 is 11.6 Å². The van der Waals surface area contributed by atoms with E-state index in [9.17, 15) is 4.79 Å². The molecule has 1 amide bonds. The van der Waals surface area contributed by atoms with Crippen LogP contribution in [-0.2, 0) is 4.79 Å². The summed E-state index contributed by atoms with van der Waals surface area (Å²) in [7, 11) is 2.15. The van der Waals surface area contributed by atoms with Gasteiger partial charge < -0.3 is 30.5 Å². The Bertz CT molecular complexity index is 1220. The molecule has 0 atom stereocenters. The Labute approximate surface area is 221 Å². The molecule has 0 radical (unpaired) electrons. The molecular weight excluding hydrogens is 492 g/mol. The Kier molecular flexibility index (Phi) is 9.25. The third kappa shape index (κ3) is 8.14. The molecule has 11 heteroatoms. The molecule has 0 bridgehead atoms. The number of carbonyl (C=O) groups excluding carboxylic acids is 1. The average Bonchev–Trinajstić information content (AvgIpc) is 2.89. The van der Waals surface area contributed by atoms with Crippen LogP contribution < -0.4 is 20.7 Å². The number of piperazine rings is 1. The normalized spacial score (nSPS) is 14.1. The number of aromatic nitrogens is 3. The van der Waals surface area contributed by atoms with E-state index in [-0.39, 0.29) is 5.91 Å². The molecule has 2 heterocycles. The number of hydrogen-bond donors (Lipinski definition) is 3. The fraction of sp³-hybridized carbons (Fsp3) is 0.308. The van der Waals surface area contributed by atoms with E-state index in [2.05, 4.69) is 54.3 Å². The summed E-state index contributed by atoms with van der Waals surface area (Å²) in [4.78, 5) is 29.6. The largest absolute Gasteiger partial charge is 0.491 e. The van der Waals surface area contributed by atoms with Gasteiger partial charge in [-0.3, -0.25) is 4.79 Å². The Balaban J connectivity index is 1.39. The van der Waals surface area contributed by atoms with Crippen molar-refractivity contribution in [1.82, 2.24) is 24.8 Å². The van der Waals surface area contributed by atoms with Gasteiger partial charge in [-0.25, -0.2) is 9.97 Å². The van der Waals surface area contributed by atoms with Crippen molar-refractivity contribution in [2.45, 2.75) is 6.42 Å². The van der Waals surface area contributed by atoms with Gasteiger partial charge in [0.25, 0.3) is 0 Å². The van der Waals surface area contributed by atoms with Gasteiger partial charge in [0, 0.05) is 49.1 Å². The van der Waals surface area contributed by atoms with E-state index in [4.69, 9.17) is 16.3 Å². The van der Waals surface area contributed by atoms with Gasteiger partial charge >= 0.3 is 0 Å². The van der Waals surface area contributed by atoms with Crippen molar-refractivity contribution in [3.8, 4) is 5.75 Å². The van der Waals surface area contributed by atoms with Crippen LogP contribution in [0.25, 0.3) is 0 Å². The molecule has 1 aromatic heterocycles. The molecule has 1 saturated heterocycles. The molecule has 0 unspecified atom stereocenters. The second kappa shape index (κ2) is 13.0. The summed E-state index contributed by atoms with van der Waals surface area (Å²) < 4.78 is 6.02. The molecule has 0 spiro atoms. The number of rotatable bonds is 11. The van der Waals surface area contributed by atoms with Crippen LogP contribution in [0.1, 0.15) is 6.42 Å². The lowest BCUT2D eigenvalue weighted by molar-refractivity contribution is -0.111. The van der Waals surface area contributed by atoms with Crippen LogP contribution in [0.5, 0.6) is 5.75 Å². The Hall–Kier alpha value is -3.73. The Morgan fingerprint density at radius 1 is 1.08 bits per heavy atom. The van der Waals surface area contributed by atoms with Gasteiger partial charge in [0.05, 0.1) is 12.3 Å². The van der Waals surface area contributed by atoms with Gasteiger partial charge in [-0.1, -0.05) is 24.2 Å². The van der Waals surface area contributed by atoms with E-state index in [1.165, 1.54) is 12.4 Å². The van der Waals surface area contributed by atoms with Gasteiger partial charge in [0.1, 0.15) is 12.1 Å². The molecule has 0 saturated carbocycles. The number of benzene rings is 2. The summed E-state index contributed by atoms with van der Waals surface area (Å²) in [6.45, 7) is 9.39. The maximum atomic E-state index is 12.0. The van der Waals surface area contributed by atoms with E-state index >= 15 is 0 Å². The van der Waals surface area contributed by atoms with Gasteiger partial charge in [-0.2, -0.15) is 4.98 Å². The number of carbonyl (C=O) groups is 1. The van der Waals surface area contributed by atoms with Crippen LogP contribution in [0, 0.1) is 0 Å². The zero-order valence-corrected chi connectivity index (χ0v) is 21.5. The summed E-state index contributed by atoms with van der Waals surface area (Å²) in [5.74, 6) is 0.951. The molecule has 3 aromatic rings. The molecule has 10 nitrogen and oxygen atoms in total. The quantitative estimate of drug-likeness (QED) is 0.253. The number of amides is 1. The van der Waals surface area contributed by atoms with Crippen molar-refractivity contribution in [3.63, 3.8) is 0 Å². The smallest absolute Gasteiger partial charge is 0.247 e. The summed E-state index contributed by atoms with van der Waals surface area (Å²) in [5.41, 5.74) is 1.96. The van der Waals surface area contributed by atoms with Crippen LogP contribution in [0.2, 0.25) is 5.02 Å². The van der Waals surface area contributed by atoms with E-state index in [1.54, 1.807) is 18.2 Å². The van der Waals surface area contributed by atoms with Crippen molar-refractivity contribution in [2.24, 2.45) is 0 Å². The highest BCUT2D eigenvalue weighted by Crippen LogP contribution is 2.29. The molecule has 0 aliphatic carbocycles. The molecule has 2 aromatic carbocycles. The number of nitrogens with one attached hydrogen (secondary N) is 3. The summed E-state index contributed by atoms with van der Waals surface area (Å²) in [6.07, 6.45) is 3.52. The van der Waals surface area contributed by atoms with Crippen LogP contribution in [0.3, 0.4) is 0 Å². The standard InChI is InChI=1S/C26H31ClN8O2/c1-3-24(36)32-22-17-21(8-9-23(22)37-15-5-10-35-13-11-34(2)12-14-35)31-26-29-18-28-25(33-26)30-20-7-4-6-19(27)16-20/h3-4,6-9,16-18H,1,5,10-15H2,2H3,(H,32,36)(H2,28,29,30,31,33). The lowest BCUT2D eigenvalue weighted by atomic mass is 10.2. The van der Waals surface area contributed by atoms with Gasteiger partial charge in [-0.15, -0.1) is 0 Å². The first-order chi connectivity index (χ1) is 18.0. The van der Waals surface area contributed by atoms with Gasteiger partial charge in [-0.05, 0) is 55.9 Å². The topological polar surface area (TPSA) is 108 Å². The number of anilines is 5. The zero-order chi connectivity index (χ0) is 26.0. The number of likely N-dealkylation sites (N-methyl/N-ethyl adjacent to an activating group) is 1. The molecule has 1 aliphatic heterocycles. The van der Waals surface area contributed by atoms with E-state index < -0.39 is 0 Å². The highest BCUT2D eigenvalue weighted by Gasteiger charge is 2.14. The number of halogens is 1. The summed E-state index contributed by atoms with van der Waals surface area (Å²) in [6, 6.07) is 12.7. The fourth-order valence-electron chi connectivity index (χ4n) is 3.80. The molecular formula is C26H31ClN8O2. The predicted octanol–water partition coefficient (Wildman–Crippen LogP) is 4.15. The molecule has 1 aliphatic rings. The Morgan fingerprint density at radius 3 is 2.51 bits per heavy atom. The lowest BCUT2D eigenvalue weighted by Crippen LogP contribution is -2.44. The van der Waals surface area contributed by atoms with Crippen molar-refractivity contribution in [1.29, 1.82) is 0 Å². The first-order valence-corrected chi connectivity index (χ1v) is 12.5. The fourth-order valence-corrected chi connectivity index (χ4v) is 3.99. The maximum Gasteiger partial charge on any atom is 0.247 e. The minimum absolute atomic E-state index is 0.326. The predicted molar refractivity (Wildman–Crippen MR) is 147 cm³/mol. The highest BCUT2D eigenvalue weighted by molar-refractivity contribution is 6.30. The first-order valence-electron chi connectivity index (χ1n) is 12.1. The average molecular weight is 523 g/mol. The minimum atomic E-state index is -0.326. The van der Waals surface area contributed by atoms with Gasteiger partial charge in [0.2, 0.25) is 17.8 Å². The van der Waals surface area contributed by atoms with Gasteiger partial charge in [0.15, 0.2) is 0 Å². The monoisotopic (exact) mass is 522 g/mol. The van der Waals surface area contributed by atoms with Crippen LogP contribution in [0.4, 0.5) is 29.0 Å². The molecule has 194 valence electrons. The highest BCUT2D eigenvalue weighted by atomic mass is 35.5. The van der Waals surface area contributed by atoms with Crippen molar-refractivity contribution in [2.75, 3.05) is 62.3 Å². The molecule has 3 N–H and O–H groups in total. The second-order valence-electron chi connectivity index (χ2n) is 8.64. The van der Waals surface area contributed by atoms with Crippen LogP contribution in [0.15, 0.2) is 61.4 Å². The molecule has 37 heavy (non-hydrogen) atoms. The summed E-state index contributed by atoms with van der Waals surface area (Å²) in [5, 5.41) is 9.66. The number of nitrogens with zero attached hydrogens (tertiary/aromatic N) is 5.